The third-order valence-electron chi connectivity index (χ3n) is 1.80. The number of fused-ring (bicyclic) bond motifs is 1. The highest BCUT2D eigenvalue weighted by molar-refractivity contribution is 5.95. The number of hydrogen-bond donors (Lipinski definition) is 3. The Balaban J connectivity index is 0.000000224. The second kappa shape index (κ2) is 5.33. The number of nitrogens with one attached hydrogen (secondary N) is 1. The molecule has 2 heterocycles. The lowest BCUT2D eigenvalue weighted by Gasteiger charge is -1.93. The SMILES string of the molecule is NC(=O)c1cc2cncnc2[nH]1.O=C(O)C(F)(F)F. The largest absolute Gasteiger partial charge is 0.490 e. The van der Waals surface area contributed by atoms with Crippen molar-refractivity contribution in [3.63, 3.8) is 0 Å². The number of aliphatic carboxylic acids is 1. The number of aromatic nitrogens is 3. The standard InChI is InChI=1S/C7H6N4O.C2HF3O2/c8-6(12)5-1-4-2-9-3-10-7(4)11-5;3-2(4,5)1(6)7/h1-3H,(H2,8,12)(H,9,10,11);(H,6,7). The van der Waals surface area contributed by atoms with Crippen LogP contribution in [0.25, 0.3) is 11.0 Å². The normalized spacial score (nSPS) is 10.7. The van der Waals surface area contributed by atoms with Crippen LogP contribution < -0.4 is 5.73 Å². The number of carbonyl (C=O) groups excluding carboxylic acids is 1. The van der Waals surface area contributed by atoms with Crippen LogP contribution in [0.3, 0.4) is 0 Å². The topological polar surface area (TPSA) is 122 Å². The van der Waals surface area contributed by atoms with Crippen molar-refractivity contribution < 1.29 is 27.9 Å². The molecule has 0 saturated carbocycles. The number of nitrogens with two attached hydrogens (primary N) is 1. The van der Waals surface area contributed by atoms with E-state index >= 15 is 0 Å². The van der Waals surface area contributed by atoms with Gasteiger partial charge in [-0.1, -0.05) is 0 Å². The number of amides is 1. The molecule has 0 bridgehead atoms. The van der Waals surface area contributed by atoms with Gasteiger partial charge in [-0.2, -0.15) is 13.2 Å². The number of carbonyl (C=O) groups is 2. The highest BCUT2D eigenvalue weighted by Crippen LogP contribution is 2.13. The minimum Gasteiger partial charge on any atom is -0.475 e. The summed E-state index contributed by atoms with van der Waals surface area (Å²) in [5.74, 6) is -3.25. The van der Waals surface area contributed by atoms with E-state index in [1.807, 2.05) is 0 Å². The Morgan fingerprint density at radius 1 is 1.37 bits per heavy atom. The maximum Gasteiger partial charge on any atom is 0.490 e. The zero-order valence-electron chi connectivity index (χ0n) is 9.10. The third kappa shape index (κ3) is 3.94. The maximum atomic E-state index is 10.7. The Labute approximate surface area is 103 Å². The summed E-state index contributed by atoms with van der Waals surface area (Å²) < 4.78 is 31.7. The molecule has 0 aliphatic rings. The van der Waals surface area contributed by atoms with Crippen LogP contribution in [0.5, 0.6) is 0 Å². The van der Waals surface area contributed by atoms with Crippen molar-refractivity contribution in [1.29, 1.82) is 0 Å². The van der Waals surface area contributed by atoms with Gasteiger partial charge in [0.25, 0.3) is 5.91 Å². The van der Waals surface area contributed by atoms with E-state index in [9.17, 15) is 18.0 Å². The summed E-state index contributed by atoms with van der Waals surface area (Å²) in [7, 11) is 0. The highest BCUT2D eigenvalue weighted by atomic mass is 19.4. The summed E-state index contributed by atoms with van der Waals surface area (Å²) in [6, 6.07) is 1.62. The highest BCUT2D eigenvalue weighted by Gasteiger charge is 2.38. The Bertz CT molecular complexity index is 575. The van der Waals surface area contributed by atoms with E-state index in [0.29, 0.717) is 11.3 Å². The van der Waals surface area contributed by atoms with Crippen LogP contribution in [0.15, 0.2) is 18.6 Å². The number of halogens is 3. The van der Waals surface area contributed by atoms with Crippen molar-refractivity contribution in [2.75, 3.05) is 0 Å². The molecule has 0 spiro atoms. The molecule has 0 fully saturated rings. The summed E-state index contributed by atoms with van der Waals surface area (Å²) >= 11 is 0. The number of aromatic amines is 1. The molecule has 2 aromatic heterocycles. The summed E-state index contributed by atoms with van der Waals surface area (Å²) in [5.41, 5.74) is 6.04. The van der Waals surface area contributed by atoms with E-state index in [4.69, 9.17) is 15.6 Å². The first-order valence-corrected chi connectivity index (χ1v) is 4.60. The fourth-order valence-electron chi connectivity index (χ4n) is 1.00. The predicted molar refractivity (Wildman–Crippen MR) is 56.1 cm³/mol. The van der Waals surface area contributed by atoms with Crippen LogP contribution in [0, 0.1) is 0 Å². The number of carboxylic acids is 1. The van der Waals surface area contributed by atoms with Crippen molar-refractivity contribution in [3.8, 4) is 0 Å². The molecule has 19 heavy (non-hydrogen) atoms. The molecule has 0 aliphatic carbocycles. The summed E-state index contributed by atoms with van der Waals surface area (Å²) in [6.07, 6.45) is -2.06. The Morgan fingerprint density at radius 3 is 2.37 bits per heavy atom. The fourth-order valence-corrected chi connectivity index (χ4v) is 1.00. The molecule has 7 nitrogen and oxygen atoms in total. The molecule has 2 rings (SSSR count). The first-order valence-electron chi connectivity index (χ1n) is 4.60. The van der Waals surface area contributed by atoms with Crippen molar-refractivity contribution in [3.05, 3.63) is 24.3 Å². The molecule has 2 aromatic rings. The van der Waals surface area contributed by atoms with Crippen LogP contribution in [-0.2, 0) is 4.79 Å². The van der Waals surface area contributed by atoms with Gasteiger partial charge in [0.15, 0.2) is 0 Å². The molecule has 0 atom stereocenters. The zero-order chi connectivity index (χ0) is 14.6. The Kier molecular flexibility index (Phi) is 4.04. The number of alkyl halides is 3. The number of nitrogens with zero attached hydrogens (tertiary/aromatic N) is 2. The molecule has 4 N–H and O–H groups in total. The van der Waals surface area contributed by atoms with Gasteiger partial charge in [-0.05, 0) is 6.07 Å². The van der Waals surface area contributed by atoms with Crippen LogP contribution in [0.2, 0.25) is 0 Å². The van der Waals surface area contributed by atoms with Gasteiger partial charge in [-0.25, -0.2) is 14.8 Å². The van der Waals surface area contributed by atoms with Gasteiger partial charge in [0.05, 0.1) is 0 Å². The molecule has 0 aliphatic heterocycles. The molecule has 0 aromatic carbocycles. The summed E-state index contributed by atoms with van der Waals surface area (Å²) in [4.78, 5) is 30.1. The molecule has 0 saturated heterocycles. The van der Waals surface area contributed by atoms with Crippen molar-refractivity contribution >= 4 is 22.9 Å². The minimum atomic E-state index is -5.08. The van der Waals surface area contributed by atoms with Crippen LogP contribution >= 0.6 is 0 Å². The smallest absolute Gasteiger partial charge is 0.475 e. The number of H-pyrrole nitrogens is 1. The van der Waals surface area contributed by atoms with E-state index in [1.165, 1.54) is 6.33 Å². The van der Waals surface area contributed by atoms with Gasteiger partial charge in [-0.15, -0.1) is 0 Å². The molecule has 0 radical (unpaired) electrons. The van der Waals surface area contributed by atoms with Crippen molar-refractivity contribution in [2.24, 2.45) is 5.73 Å². The van der Waals surface area contributed by atoms with E-state index in [2.05, 4.69) is 15.0 Å². The van der Waals surface area contributed by atoms with E-state index in [0.717, 1.165) is 5.39 Å². The second-order valence-corrected chi connectivity index (χ2v) is 3.18. The predicted octanol–water partition coefficient (Wildman–Crippen LogP) is 0.690. The maximum absolute atomic E-state index is 10.7. The summed E-state index contributed by atoms with van der Waals surface area (Å²) in [6.45, 7) is 0. The van der Waals surface area contributed by atoms with Gasteiger partial charge in [0, 0.05) is 11.6 Å². The number of primary amides is 1. The lowest BCUT2D eigenvalue weighted by Crippen LogP contribution is -2.21. The average Bonchev–Trinajstić information content (AvgIpc) is 2.72. The van der Waals surface area contributed by atoms with Crippen LogP contribution in [0.1, 0.15) is 10.5 Å². The Hall–Kier alpha value is -2.65. The molecular weight excluding hydrogens is 269 g/mol. The fraction of sp³-hybridized carbons (Fsp3) is 0.111. The number of rotatable bonds is 1. The third-order valence-corrected chi connectivity index (χ3v) is 1.80. The summed E-state index contributed by atoms with van der Waals surface area (Å²) in [5, 5.41) is 7.91. The van der Waals surface area contributed by atoms with Gasteiger partial charge < -0.3 is 15.8 Å². The monoisotopic (exact) mass is 276 g/mol. The van der Waals surface area contributed by atoms with E-state index < -0.39 is 18.1 Å². The lowest BCUT2D eigenvalue weighted by molar-refractivity contribution is -0.192. The van der Waals surface area contributed by atoms with Crippen LogP contribution in [-0.4, -0.2) is 38.1 Å². The van der Waals surface area contributed by atoms with Gasteiger partial charge in [0.2, 0.25) is 0 Å². The van der Waals surface area contributed by atoms with Gasteiger partial charge in [0.1, 0.15) is 17.7 Å². The van der Waals surface area contributed by atoms with Crippen molar-refractivity contribution in [2.45, 2.75) is 6.18 Å². The van der Waals surface area contributed by atoms with Gasteiger partial charge >= 0.3 is 12.1 Å². The van der Waals surface area contributed by atoms with E-state index in [-0.39, 0.29) is 0 Å². The first kappa shape index (κ1) is 14.4. The molecule has 0 unspecified atom stereocenters. The van der Waals surface area contributed by atoms with E-state index in [1.54, 1.807) is 12.3 Å². The average molecular weight is 276 g/mol. The molecule has 102 valence electrons. The lowest BCUT2D eigenvalue weighted by atomic mass is 10.3. The Morgan fingerprint density at radius 2 is 1.95 bits per heavy atom. The van der Waals surface area contributed by atoms with Gasteiger partial charge in [-0.3, -0.25) is 4.79 Å². The number of hydrogen-bond acceptors (Lipinski definition) is 4. The van der Waals surface area contributed by atoms with Crippen LogP contribution in [0.4, 0.5) is 13.2 Å². The first-order chi connectivity index (χ1) is 8.71. The minimum absolute atomic E-state index is 0.352. The van der Waals surface area contributed by atoms with Crippen molar-refractivity contribution in [1.82, 2.24) is 15.0 Å². The molecule has 1 amide bonds. The quantitative estimate of drug-likeness (QED) is 0.707. The second-order valence-electron chi connectivity index (χ2n) is 3.18. The molecule has 10 heteroatoms. The number of carboxylic acid groups (broad SMARTS) is 1. The molecular formula is C9H7F3N4O3. The zero-order valence-corrected chi connectivity index (χ0v) is 9.10.